The Morgan fingerprint density at radius 1 is 0.544 bits per heavy atom. The molecule has 0 aliphatic carbocycles. The van der Waals surface area contributed by atoms with Gasteiger partial charge < -0.3 is 20.3 Å². The number of aliphatic hydroxyl groups is 2. The molecule has 0 aromatic rings. The molecule has 0 heterocycles. The van der Waals surface area contributed by atoms with Gasteiger partial charge in [0.1, 0.15) is 6.10 Å². The lowest BCUT2D eigenvalue weighted by Gasteiger charge is -2.23. The maximum absolute atomic E-state index is 13.1. The van der Waals surface area contributed by atoms with Crippen LogP contribution < -0.4 is 5.32 Å². The molecule has 3 unspecified atom stereocenters. The Hall–Kier alpha value is -2.70. The van der Waals surface area contributed by atoms with E-state index in [4.69, 9.17) is 4.74 Å². The Labute approximate surface area is 351 Å². The number of allylic oxidation sites excluding steroid dienone is 11. The number of hydrogen-bond donors (Lipinski definition) is 3. The summed E-state index contributed by atoms with van der Waals surface area (Å²) in [5.74, 6) is -0.645. The Bertz CT molecular complexity index is 1070. The number of ether oxygens (including phenoxy) is 1. The van der Waals surface area contributed by atoms with Gasteiger partial charge in [-0.3, -0.25) is 9.59 Å². The molecule has 0 fully saturated rings. The Morgan fingerprint density at radius 2 is 0.982 bits per heavy atom. The minimum Gasteiger partial charge on any atom is -0.458 e. The molecule has 0 rings (SSSR count). The molecule has 0 saturated carbocycles. The number of hydrogen-bond acceptors (Lipinski definition) is 5. The van der Waals surface area contributed by atoms with Gasteiger partial charge in [0.15, 0.2) is 0 Å². The molecule has 0 aliphatic rings. The quantitative estimate of drug-likeness (QED) is 0.0325. The summed E-state index contributed by atoms with van der Waals surface area (Å²) in [6.07, 6.45) is 55.6. The molecule has 3 atom stereocenters. The first-order valence-electron chi connectivity index (χ1n) is 23.7. The van der Waals surface area contributed by atoms with Gasteiger partial charge in [0.25, 0.3) is 0 Å². The number of amides is 1. The molecule has 57 heavy (non-hydrogen) atoms. The van der Waals surface area contributed by atoms with Gasteiger partial charge in [-0.05, 0) is 76.7 Å². The molecule has 0 saturated heterocycles. The van der Waals surface area contributed by atoms with E-state index in [0.29, 0.717) is 19.3 Å². The van der Waals surface area contributed by atoms with E-state index in [9.17, 15) is 19.8 Å². The summed E-state index contributed by atoms with van der Waals surface area (Å²) in [5.41, 5.74) is 0. The smallest absolute Gasteiger partial charge is 0.306 e. The fraction of sp³-hybridized carbons (Fsp3) is 0.725. The fourth-order valence-electron chi connectivity index (χ4n) is 6.68. The van der Waals surface area contributed by atoms with Gasteiger partial charge in [0.2, 0.25) is 5.91 Å². The van der Waals surface area contributed by atoms with Crippen molar-refractivity contribution in [3.63, 3.8) is 0 Å². The highest BCUT2D eigenvalue weighted by Gasteiger charge is 2.23. The summed E-state index contributed by atoms with van der Waals surface area (Å²) in [5, 5.41) is 23.6. The average molecular weight is 796 g/mol. The van der Waals surface area contributed by atoms with Crippen molar-refractivity contribution in [1.82, 2.24) is 5.32 Å². The van der Waals surface area contributed by atoms with E-state index in [0.717, 1.165) is 77.0 Å². The van der Waals surface area contributed by atoms with Gasteiger partial charge in [-0.1, -0.05) is 197 Å². The minimum absolute atomic E-state index is 0.0444. The van der Waals surface area contributed by atoms with E-state index in [1.807, 2.05) is 12.2 Å². The third kappa shape index (κ3) is 39.9. The Kier molecular flexibility index (Phi) is 42.3. The molecule has 0 aromatic carbocycles. The summed E-state index contributed by atoms with van der Waals surface area (Å²) in [7, 11) is 0. The number of carbonyl (C=O) groups excluding carboxylic acids is 2. The molecule has 1 amide bonds. The second kappa shape index (κ2) is 44.4. The first-order chi connectivity index (χ1) is 28.0. The minimum atomic E-state index is -0.817. The number of nitrogens with one attached hydrogen (secondary N) is 1. The van der Waals surface area contributed by atoms with Crippen LogP contribution in [-0.2, 0) is 14.3 Å². The second-order valence-electron chi connectivity index (χ2n) is 15.8. The molecular formula is C51H89NO5. The van der Waals surface area contributed by atoms with Crippen molar-refractivity contribution in [2.75, 3.05) is 6.61 Å². The molecule has 0 radical (unpaired) electrons. The zero-order valence-corrected chi connectivity index (χ0v) is 37.2. The molecular weight excluding hydrogens is 707 g/mol. The highest BCUT2D eigenvalue weighted by atomic mass is 16.5. The van der Waals surface area contributed by atoms with Crippen LogP contribution in [0.4, 0.5) is 0 Å². The Balaban J connectivity index is 4.72. The van der Waals surface area contributed by atoms with Gasteiger partial charge in [0, 0.05) is 6.42 Å². The van der Waals surface area contributed by atoms with E-state index < -0.39 is 18.2 Å². The Morgan fingerprint density at radius 3 is 1.49 bits per heavy atom. The topological polar surface area (TPSA) is 95.9 Å². The normalized spacial score (nSPS) is 14.0. The van der Waals surface area contributed by atoms with Crippen molar-refractivity contribution in [2.45, 2.75) is 232 Å². The molecule has 6 nitrogen and oxygen atoms in total. The molecule has 0 aromatic heterocycles. The monoisotopic (exact) mass is 796 g/mol. The van der Waals surface area contributed by atoms with E-state index in [1.165, 1.54) is 89.9 Å². The van der Waals surface area contributed by atoms with Gasteiger partial charge in [-0.2, -0.15) is 0 Å². The van der Waals surface area contributed by atoms with Crippen LogP contribution in [0.1, 0.15) is 213 Å². The van der Waals surface area contributed by atoms with Crippen LogP contribution in [0.25, 0.3) is 0 Å². The number of carbonyl (C=O) groups is 2. The largest absolute Gasteiger partial charge is 0.458 e. The maximum atomic E-state index is 13.1. The van der Waals surface area contributed by atoms with Crippen molar-refractivity contribution in [1.29, 1.82) is 0 Å². The highest BCUT2D eigenvalue weighted by Crippen LogP contribution is 2.15. The maximum Gasteiger partial charge on any atom is 0.306 e. The van der Waals surface area contributed by atoms with Crippen LogP contribution >= 0.6 is 0 Å². The lowest BCUT2D eigenvalue weighted by atomic mass is 10.0. The highest BCUT2D eigenvalue weighted by molar-refractivity contribution is 5.78. The molecule has 3 N–H and O–H groups in total. The molecule has 0 aliphatic heterocycles. The van der Waals surface area contributed by atoms with Gasteiger partial charge in [0.05, 0.1) is 25.2 Å². The van der Waals surface area contributed by atoms with Crippen molar-refractivity contribution in [3.8, 4) is 0 Å². The predicted octanol–water partition coefficient (Wildman–Crippen LogP) is 13.8. The molecule has 328 valence electrons. The van der Waals surface area contributed by atoms with Crippen molar-refractivity contribution < 1.29 is 24.5 Å². The van der Waals surface area contributed by atoms with Crippen LogP contribution in [0.3, 0.4) is 0 Å². The predicted molar refractivity (Wildman–Crippen MR) is 245 cm³/mol. The van der Waals surface area contributed by atoms with Crippen molar-refractivity contribution in [2.24, 2.45) is 0 Å². The van der Waals surface area contributed by atoms with Crippen LogP contribution in [0.15, 0.2) is 72.9 Å². The van der Waals surface area contributed by atoms with E-state index in [2.05, 4.69) is 86.8 Å². The lowest BCUT2D eigenvalue weighted by Crippen LogP contribution is -2.46. The summed E-state index contributed by atoms with van der Waals surface area (Å²) >= 11 is 0. The van der Waals surface area contributed by atoms with E-state index in [-0.39, 0.29) is 24.9 Å². The summed E-state index contributed by atoms with van der Waals surface area (Å²) in [6.45, 7) is 6.30. The van der Waals surface area contributed by atoms with Crippen LogP contribution in [0.5, 0.6) is 0 Å². The third-order valence-electron chi connectivity index (χ3n) is 10.3. The summed E-state index contributed by atoms with van der Waals surface area (Å²) in [6, 6.07) is -0.740. The number of esters is 1. The van der Waals surface area contributed by atoms with Crippen molar-refractivity contribution >= 4 is 11.9 Å². The van der Waals surface area contributed by atoms with Gasteiger partial charge in [-0.15, -0.1) is 0 Å². The number of rotatable bonds is 41. The molecule has 0 bridgehead atoms. The summed E-state index contributed by atoms with van der Waals surface area (Å²) < 4.78 is 5.79. The molecule has 0 spiro atoms. The lowest BCUT2D eigenvalue weighted by molar-refractivity contribution is -0.148. The van der Waals surface area contributed by atoms with Gasteiger partial charge >= 0.3 is 5.97 Å². The summed E-state index contributed by atoms with van der Waals surface area (Å²) in [4.78, 5) is 25.9. The first kappa shape index (κ1) is 54.3. The zero-order chi connectivity index (χ0) is 41.7. The number of unbranched alkanes of at least 4 members (excludes halogenated alkanes) is 19. The van der Waals surface area contributed by atoms with Crippen LogP contribution in [0, 0.1) is 0 Å². The molecule has 6 heteroatoms. The first-order valence-corrected chi connectivity index (χ1v) is 23.7. The van der Waals surface area contributed by atoms with Crippen molar-refractivity contribution in [3.05, 3.63) is 72.9 Å². The SMILES string of the molecule is CC/C=C/C/C=C/C/C=C/C/C=C/CCCCCC(=O)OC(/C=C/C/C=C\CCCCCCCC)CC(=O)NC(CO)C(O)CCCCCCCCCCCCC. The average Bonchev–Trinajstić information content (AvgIpc) is 3.20. The van der Waals surface area contributed by atoms with Gasteiger partial charge in [-0.25, -0.2) is 0 Å². The number of aliphatic hydroxyl groups excluding tert-OH is 2. The zero-order valence-electron chi connectivity index (χ0n) is 37.2. The fourth-order valence-corrected chi connectivity index (χ4v) is 6.68. The van der Waals surface area contributed by atoms with Crippen LogP contribution in [-0.4, -0.2) is 46.9 Å². The van der Waals surface area contributed by atoms with E-state index >= 15 is 0 Å². The van der Waals surface area contributed by atoms with Crippen LogP contribution in [0.2, 0.25) is 0 Å². The second-order valence-corrected chi connectivity index (χ2v) is 15.8. The van der Waals surface area contributed by atoms with E-state index in [1.54, 1.807) is 0 Å². The standard InChI is InChI=1S/C51H89NO5/c1-4-7-10-13-16-19-22-23-24-25-26-29-32-35-38-41-44-51(56)57-47(42-39-36-33-30-27-20-17-14-11-8-5-2)45-50(55)52-48(46-53)49(54)43-40-37-34-31-28-21-18-15-12-9-6-3/h7,10,16,19,23-24,26,29-30,33,39,42,47-49,53-54H,4-6,8-9,11-15,17-18,20-22,25,27-28,31-32,34-38,40-41,43-46H2,1-3H3,(H,52,55)/b10-7+,19-16+,24-23+,29-26+,33-30-,42-39+. The third-order valence-corrected chi connectivity index (χ3v) is 10.3.